The quantitative estimate of drug-likeness (QED) is 0.834. The normalized spacial score (nSPS) is 31.9. The van der Waals surface area contributed by atoms with Crippen LogP contribution in [0.1, 0.15) is 37.3 Å². The number of rotatable bonds is 4. The number of ether oxygens (including phenoxy) is 1. The second-order valence-electron chi connectivity index (χ2n) is 8.38. The molecule has 3 saturated heterocycles. The fourth-order valence-corrected chi connectivity index (χ4v) is 5.48. The lowest BCUT2D eigenvalue weighted by Crippen LogP contribution is -2.62. The van der Waals surface area contributed by atoms with Gasteiger partial charge in [-0.2, -0.15) is 0 Å². The molecule has 6 heteroatoms. The first kappa shape index (κ1) is 18.7. The number of carbonyl (C=O) groups is 1. The van der Waals surface area contributed by atoms with Crippen LogP contribution in [-0.4, -0.2) is 66.2 Å². The Morgan fingerprint density at radius 3 is 2.74 bits per heavy atom. The van der Waals surface area contributed by atoms with Crippen LogP contribution in [0.5, 0.6) is 5.75 Å². The highest BCUT2D eigenvalue weighted by Crippen LogP contribution is 2.44. The molecule has 3 heterocycles. The summed E-state index contributed by atoms with van der Waals surface area (Å²) in [6.07, 6.45) is 4.83. The number of piperidine rings is 3. The fourth-order valence-electron chi connectivity index (χ4n) is 5.48. The average molecular weight is 373 g/mol. The van der Waals surface area contributed by atoms with Gasteiger partial charge in [0.25, 0.3) is 0 Å². The van der Waals surface area contributed by atoms with Crippen LogP contribution >= 0.6 is 0 Å². The van der Waals surface area contributed by atoms with Crippen LogP contribution in [0.2, 0.25) is 0 Å². The van der Waals surface area contributed by atoms with E-state index in [1.807, 2.05) is 4.90 Å². The zero-order valence-electron chi connectivity index (χ0n) is 16.1. The van der Waals surface area contributed by atoms with Crippen LogP contribution < -0.4 is 10.5 Å². The molecule has 0 spiro atoms. The summed E-state index contributed by atoms with van der Waals surface area (Å²) in [6.45, 7) is 2.30. The molecule has 0 aromatic heterocycles. The maximum atomic E-state index is 12.5. The molecule has 27 heavy (non-hydrogen) atoms. The summed E-state index contributed by atoms with van der Waals surface area (Å²) in [6, 6.07) is 8.72. The molecule has 6 nitrogen and oxygen atoms in total. The predicted molar refractivity (Wildman–Crippen MR) is 103 cm³/mol. The van der Waals surface area contributed by atoms with Crippen molar-refractivity contribution in [3.63, 3.8) is 0 Å². The number of nitrogens with zero attached hydrogens (tertiary/aromatic N) is 2. The van der Waals surface area contributed by atoms with E-state index in [2.05, 4.69) is 29.2 Å². The largest absolute Gasteiger partial charge is 0.497 e. The highest BCUT2D eigenvalue weighted by atomic mass is 16.5. The molecule has 3 N–H and O–H groups in total. The van der Waals surface area contributed by atoms with E-state index in [9.17, 15) is 9.90 Å². The summed E-state index contributed by atoms with van der Waals surface area (Å²) in [4.78, 5) is 17.1. The number of amides is 1. The molecule has 0 aliphatic carbocycles. The van der Waals surface area contributed by atoms with Gasteiger partial charge in [0, 0.05) is 31.7 Å². The first-order valence-corrected chi connectivity index (χ1v) is 10.2. The third kappa shape index (κ3) is 3.58. The van der Waals surface area contributed by atoms with Crippen LogP contribution in [0.25, 0.3) is 0 Å². The number of methoxy groups -OCH3 is 1. The van der Waals surface area contributed by atoms with Gasteiger partial charge in [-0.05, 0) is 55.2 Å². The summed E-state index contributed by atoms with van der Waals surface area (Å²) in [5.74, 6) is 1.81. The first-order valence-electron chi connectivity index (χ1n) is 10.2. The molecule has 3 fully saturated rings. The second-order valence-corrected chi connectivity index (χ2v) is 8.38. The first-order chi connectivity index (χ1) is 13.1. The van der Waals surface area contributed by atoms with Gasteiger partial charge in [0.15, 0.2) is 0 Å². The Bertz CT molecular complexity index is 665. The Morgan fingerprint density at radius 2 is 2.04 bits per heavy atom. The van der Waals surface area contributed by atoms with E-state index in [1.165, 1.54) is 31.2 Å². The van der Waals surface area contributed by atoms with Crippen molar-refractivity contribution in [3.8, 4) is 5.75 Å². The molecule has 1 aromatic carbocycles. The van der Waals surface area contributed by atoms with Crippen molar-refractivity contribution in [2.45, 2.75) is 43.8 Å². The molecule has 4 rings (SSSR count). The number of fused-ring (bicyclic) bond motifs is 4. The van der Waals surface area contributed by atoms with E-state index in [1.54, 1.807) is 7.11 Å². The van der Waals surface area contributed by atoms with E-state index in [4.69, 9.17) is 10.5 Å². The van der Waals surface area contributed by atoms with E-state index < -0.39 is 6.04 Å². The molecule has 0 saturated carbocycles. The van der Waals surface area contributed by atoms with Gasteiger partial charge in [0.2, 0.25) is 5.91 Å². The number of hydrogen-bond donors (Lipinski definition) is 2. The van der Waals surface area contributed by atoms with Crippen molar-refractivity contribution < 1.29 is 14.6 Å². The molecule has 1 aromatic rings. The summed E-state index contributed by atoms with van der Waals surface area (Å²) in [5.41, 5.74) is 7.16. The average Bonchev–Trinajstić information content (AvgIpc) is 2.72. The Labute approximate surface area is 161 Å². The molecule has 0 unspecified atom stereocenters. The number of carbonyl (C=O) groups excluding carboxylic acids is 1. The molecule has 0 radical (unpaired) electrons. The fraction of sp³-hybridized carbons (Fsp3) is 0.667. The highest BCUT2D eigenvalue weighted by Gasteiger charge is 2.46. The van der Waals surface area contributed by atoms with E-state index in [-0.39, 0.29) is 12.5 Å². The predicted octanol–water partition coefficient (Wildman–Crippen LogP) is 1.39. The number of aliphatic hydroxyl groups excluding tert-OH is 1. The Hall–Kier alpha value is -1.63. The zero-order chi connectivity index (χ0) is 19.0. The Morgan fingerprint density at radius 1 is 1.26 bits per heavy atom. The monoisotopic (exact) mass is 373 g/mol. The zero-order valence-corrected chi connectivity index (χ0v) is 16.1. The summed E-state index contributed by atoms with van der Waals surface area (Å²) >= 11 is 0. The van der Waals surface area contributed by atoms with E-state index >= 15 is 0 Å². The maximum Gasteiger partial charge on any atom is 0.241 e. The number of likely N-dealkylation sites (tertiary alicyclic amines) is 1. The third-order valence-corrected chi connectivity index (χ3v) is 6.71. The molecule has 3 aliphatic rings. The number of hydrogen-bond acceptors (Lipinski definition) is 5. The van der Waals surface area contributed by atoms with Gasteiger partial charge in [0.05, 0.1) is 13.7 Å². The maximum absolute atomic E-state index is 12.5. The molecule has 148 valence electrons. The van der Waals surface area contributed by atoms with Crippen LogP contribution in [-0.2, 0) is 4.79 Å². The second kappa shape index (κ2) is 7.78. The van der Waals surface area contributed by atoms with Crippen molar-refractivity contribution in [1.29, 1.82) is 0 Å². The van der Waals surface area contributed by atoms with Crippen LogP contribution in [0.4, 0.5) is 0 Å². The van der Waals surface area contributed by atoms with Gasteiger partial charge in [-0.3, -0.25) is 9.69 Å². The Kier molecular flexibility index (Phi) is 5.39. The van der Waals surface area contributed by atoms with Crippen molar-refractivity contribution in [2.75, 3.05) is 33.4 Å². The van der Waals surface area contributed by atoms with Crippen molar-refractivity contribution >= 4 is 5.91 Å². The third-order valence-electron chi connectivity index (χ3n) is 6.71. The van der Waals surface area contributed by atoms with E-state index in [0.29, 0.717) is 23.9 Å². The minimum absolute atomic E-state index is 0.0943. The Balaban J connectivity index is 1.51. The summed E-state index contributed by atoms with van der Waals surface area (Å²) in [7, 11) is 1.70. The SMILES string of the molecule is COc1ccc([C@H]2CCC[C@H]3[C@@H]4C[C@@H](CN(C(=O)[C@@H](N)CO)C4)CN23)cc1. The van der Waals surface area contributed by atoms with Gasteiger partial charge in [-0.1, -0.05) is 12.1 Å². The molecular formula is C21H31N3O3. The molecule has 3 aliphatic heterocycles. The van der Waals surface area contributed by atoms with Crippen molar-refractivity contribution in [2.24, 2.45) is 17.6 Å². The van der Waals surface area contributed by atoms with Crippen molar-refractivity contribution in [3.05, 3.63) is 29.8 Å². The lowest BCUT2D eigenvalue weighted by Gasteiger charge is -2.55. The number of aliphatic hydroxyl groups is 1. The smallest absolute Gasteiger partial charge is 0.241 e. The van der Waals surface area contributed by atoms with Crippen LogP contribution in [0, 0.1) is 11.8 Å². The number of nitrogens with two attached hydrogens (primary N) is 1. The minimum Gasteiger partial charge on any atom is -0.497 e. The van der Waals surface area contributed by atoms with Gasteiger partial charge < -0.3 is 20.5 Å². The number of benzene rings is 1. The van der Waals surface area contributed by atoms with Gasteiger partial charge in [-0.15, -0.1) is 0 Å². The highest BCUT2D eigenvalue weighted by molar-refractivity contribution is 5.81. The van der Waals surface area contributed by atoms with Crippen molar-refractivity contribution in [1.82, 2.24) is 9.80 Å². The molecule has 5 atom stereocenters. The van der Waals surface area contributed by atoms with Gasteiger partial charge in [0.1, 0.15) is 11.8 Å². The van der Waals surface area contributed by atoms with Crippen LogP contribution in [0.15, 0.2) is 24.3 Å². The molecule has 2 bridgehead atoms. The van der Waals surface area contributed by atoms with Gasteiger partial charge in [-0.25, -0.2) is 0 Å². The minimum atomic E-state index is -0.779. The lowest BCUT2D eigenvalue weighted by atomic mass is 9.74. The molecular weight excluding hydrogens is 342 g/mol. The topological polar surface area (TPSA) is 79.0 Å². The molecule has 1 amide bonds. The standard InChI is InChI=1S/C21H31N3O3/c1-27-17-7-5-15(6-8-17)19-3-2-4-20-16-9-14(11-24(19)20)10-23(12-16)21(26)18(22)13-25/h5-8,14,16,18-20,25H,2-4,9-13,22H2,1H3/t14-,16+,18-,19+,20-/m0/s1. The van der Waals surface area contributed by atoms with Gasteiger partial charge >= 0.3 is 0 Å². The lowest BCUT2D eigenvalue weighted by molar-refractivity contribution is -0.141. The summed E-state index contributed by atoms with van der Waals surface area (Å²) in [5, 5.41) is 9.23. The van der Waals surface area contributed by atoms with E-state index in [0.717, 1.165) is 25.4 Å². The summed E-state index contributed by atoms with van der Waals surface area (Å²) < 4.78 is 5.31. The van der Waals surface area contributed by atoms with Crippen LogP contribution in [0.3, 0.4) is 0 Å².